The summed E-state index contributed by atoms with van der Waals surface area (Å²) in [6, 6.07) is 4.59. The van der Waals surface area contributed by atoms with E-state index < -0.39 is 0 Å². The second kappa shape index (κ2) is 5.93. The number of benzene rings is 1. The van der Waals surface area contributed by atoms with Crippen LogP contribution in [0.15, 0.2) is 16.6 Å². The van der Waals surface area contributed by atoms with Crippen LogP contribution in [0.25, 0.3) is 0 Å². The number of anilines is 1. The molecule has 1 aromatic rings. The van der Waals surface area contributed by atoms with Gasteiger partial charge in [0, 0.05) is 10.5 Å². The van der Waals surface area contributed by atoms with Gasteiger partial charge in [0.05, 0.1) is 12.8 Å². The summed E-state index contributed by atoms with van der Waals surface area (Å²) < 4.78 is 6.51. The van der Waals surface area contributed by atoms with Crippen LogP contribution < -0.4 is 15.8 Å². The van der Waals surface area contributed by atoms with Crippen LogP contribution in [0, 0.1) is 12.8 Å². The fourth-order valence-electron chi connectivity index (χ4n) is 2.75. The molecular weight excluding hydrogens is 292 g/mol. The highest BCUT2D eigenvalue weighted by Crippen LogP contribution is 2.36. The van der Waals surface area contributed by atoms with Crippen molar-refractivity contribution in [2.24, 2.45) is 11.7 Å². The molecule has 0 spiro atoms. The number of nitrogens with one attached hydrogen (secondary N) is 1. The molecule has 2 unspecified atom stereocenters. The highest BCUT2D eigenvalue weighted by atomic mass is 79.9. The first-order valence-corrected chi connectivity index (χ1v) is 7.25. The van der Waals surface area contributed by atoms with Crippen LogP contribution >= 0.6 is 15.9 Å². The molecule has 1 aromatic carbocycles. The number of rotatable bonds is 4. The lowest BCUT2D eigenvalue weighted by atomic mass is 10.0. The topological polar surface area (TPSA) is 47.3 Å². The second-order valence-electron chi connectivity index (χ2n) is 4.98. The van der Waals surface area contributed by atoms with E-state index >= 15 is 0 Å². The standard InChI is InChI=1S/C14H21BrN2O/c1-9-6-11(15)7-13(18-2)14(9)17-12-5-3-4-10(12)8-16/h6-7,10,12,17H,3-5,8,16H2,1-2H3. The van der Waals surface area contributed by atoms with E-state index in [4.69, 9.17) is 10.5 Å². The molecule has 0 saturated heterocycles. The van der Waals surface area contributed by atoms with Crippen LogP contribution in [-0.2, 0) is 0 Å². The summed E-state index contributed by atoms with van der Waals surface area (Å²) in [4.78, 5) is 0. The first-order valence-electron chi connectivity index (χ1n) is 6.46. The van der Waals surface area contributed by atoms with Crippen molar-refractivity contribution >= 4 is 21.6 Å². The van der Waals surface area contributed by atoms with Crippen molar-refractivity contribution in [3.8, 4) is 5.75 Å². The number of aryl methyl sites for hydroxylation is 1. The van der Waals surface area contributed by atoms with E-state index in [1.54, 1.807) is 7.11 Å². The Labute approximate surface area is 117 Å². The predicted octanol–water partition coefficient (Wildman–Crippen LogP) is 3.31. The Morgan fingerprint density at radius 1 is 1.44 bits per heavy atom. The number of halogens is 1. The third-order valence-corrected chi connectivity index (χ3v) is 4.23. The fourth-order valence-corrected chi connectivity index (χ4v) is 3.30. The monoisotopic (exact) mass is 312 g/mol. The number of nitrogens with two attached hydrogens (primary N) is 1. The molecule has 0 aromatic heterocycles. The van der Waals surface area contributed by atoms with E-state index in [1.807, 2.05) is 6.07 Å². The van der Waals surface area contributed by atoms with Gasteiger partial charge >= 0.3 is 0 Å². The van der Waals surface area contributed by atoms with Gasteiger partial charge in [0.15, 0.2) is 0 Å². The zero-order valence-corrected chi connectivity index (χ0v) is 12.6. The SMILES string of the molecule is COc1cc(Br)cc(C)c1NC1CCCC1CN. The van der Waals surface area contributed by atoms with Crippen LogP contribution in [-0.4, -0.2) is 19.7 Å². The minimum Gasteiger partial charge on any atom is -0.495 e. The molecule has 0 amide bonds. The summed E-state index contributed by atoms with van der Waals surface area (Å²) in [5.74, 6) is 1.47. The molecule has 100 valence electrons. The summed E-state index contributed by atoms with van der Waals surface area (Å²) in [5.41, 5.74) is 8.13. The van der Waals surface area contributed by atoms with Crippen LogP contribution in [0.3, 0.4) is 0 Å². The molecule has 1 fully saturated rings. The van der Waals surface area contributed by atoms with Gasteiger partial charge in [-0.3, -0.25) is 0 Å². The summed E-state index contributed by atoms with van der Waals surface area (Å²) in [7, 11) is 1.71. The summed E-state index contributed by atoms with van der Waals surface area (Å²) in [6.07, 6.45) is 3.68. The van der Waals surface area contributed by atoms with Gasteiger partial charge in [0.1, 0.15) is 5.75 Å². The molecule has 0 aliphatic heterocycles. The van der Waals surface area contributed by atoms with Crippen LogP contribution in [0.4, 0.5) is 5.69 Å². The Kier molecular flexibility index (Phi) is 4.51. The van der Waals surface area contributed by atoms with Crippen LogP contribution in [0.2, 0.25) is 0 Å². The molecule has 3 nitrogen and oxygen atoms in total. The van der Waals surface area contributed by atoms with Gasteiger partial charge in [0.2, 0.25) is 0 Å². The highest BCUT2D eigenvalue weighted by Gasteiger charge is 2.27. The van der Waals surface area contributed by atoms with E-state index in [0.29, 0.717) is 12.0 Å². The van der Waals surface area contributed by atoms with E-state index in [9.17, 15) is 0 Å². The van der Waals surface area contributed by atoms with Gasteiger partial charge in [-0.25, -0.2) is 0 Å². The van der Waals surface area contributed by atoms with Crippen molar-refractivity contribution in [2.45, 2.75) is 32.2 Å². The molecule has 1 aliphatic rings. The minimum atomic E-state index is 0.476. The number of ether oxygens (including phenoxy) is 1. The lowest BCUT2D eigenvalue weighted by Crippen LogP contribution is -2.29. The normalized spacial score (nSPS) is 23.1. The second-order valence-corrected chi connectivity index (χ2v) is 5.89. The smallest absolute Gasteiger partial charge is 0.143 e. The lowest BCUT2D eigenvalue weighted by molar-refractivity contribution is 0.414. The molecule has 0 radical (unpaired) electrons. The average molecular weight is 313 g/mol. The Balaban J connectivity index is 2.22. The predicted molar refractivity (Wildman–Crippen MR) is 79.2 cm³/mol. The van der Waals surface area contributed by atoms with Crippen molar-refractivity contribution in [2.75, 3.05) is 19.0 Å². The first kappa shape index (κ1) is 13.7. The van der Waals surface area contributed by atoms with Gasteiger partial charge in [-0.05, 0) is 49.9 Å². The van der Waals surface area contributed by atoms with Crippen LogP contribution in [0.5, 0.6) is 5.75 Å². The zero-order chi connectivity index (χ0) is 13.1. The molecular formula is C14H21BrN2O. The van der Waals surface area contributed by atoms with E-state index in [0.717, 1.165) is 22.5 Å². The van der Waals surface area contributed by atoms with Crippen molar-refractivity contribution in [3.63, 3.8) is 0 Å². The Morgan fingerprint density at radius 2 is 2.22 bits per heavy atom. The minimum absolute atomic E-state index is 0.476. The number of methoxy groups -OCH3 is 1. The molecule has 18 heavy (non-hydrogen) atoms. The largest absolute Gasteiger partial charge is 0.495 e. The maximum atomic E-state index is 5.83. The summed E-state index contributed by atoms with van der Waals surface area (Å²) in [5, 5.41) is 3.63. The van der Waals surface area contributed by atoms with Crippen molar-refractivity contribution < 1.29 is 4.74 Å². The first-order chi connectivity index (χ1) is 8.65. The highest BCUT2D eigenvalue weighted by molar-refractivity contribution is 9.10. The zero-order valence-electron chi connectivity index (χ0n) is 11.0. The average Bonchev–Trinajstić information content (AvgIpc) is 2.79. The molecule has 0 heterocycles. The summed E-state index contributed by atoms with van der Waals surface area (Å²) in [6.45, 7) is 2.86. The van der Waals surface area contributed by atoms with Crippen molar-refractivity contribution in [3.05, 3.63) is 22.2 Å². The molecule has 2 atom stereocenters. The number of hydrogen-bond donors (Lipinski definition) is 2. The maximum Gasteiger partial charge on any atom is 0.143 e. The Bertz CT molecular complexity index is 423. The van der Waals surface area contributed by atoms with Gasteiger partial charge < -0.3 is 15.8 Å². The molecule has 3 N–H and O–H groups in total. The third kappa shape index (κ3) is 2.81. The van der Waals surface area contributed by atoms with E-state index in [1.165, 1.54) is 24.8 Å². The van der Waals surface area contributed by atoms with E-state index in [2.05, 4.69) is 34.2 Å². The van der Waals surface area contributed by atoms with Crippen molar-refractivity contribution in [1.82, 2.24) is 0 Å². The molecule has 4 heteroatoms. The molecule has 0 bridgehead atoms. The lowest BCUT2D eigenvalue weighted by Gasteiger charge is -2.23. The Morgan fingerprint density at radius 3 is 2.89 bits per heavy atom. The summed E-state index contributed by atoms with van der Waals surface area (Å²) >= 11 is 3.50. The van der Waals surface area contributed by atoms with Gasteiger partial charge in [0.25, 0.3) is 0 Å². The van der Waals surface area contributed by atoms with Crippen molar-refractivity contribution in [1.29, 1.82) is 0 Å². The Hall–Kier alpha value is -0.740. The fraction of sp³-hybridized carbons (Fsp3) is 0.571. The van der Waals surface area contributed by atoms with Gasteiger partial charge in [-0.2, -0.15) is 0 Å². The van der Waals surface area contributed by atoms with E-state index in [-0.39, 0.29) is 0 Å². The van der Waals surface area contributed by atoms with Gasteiger partial charge in [-0.1, -0.05) is 22.4 Å². The maximum absolute atomic E-state index is 5.83. The van der Waals surface area contributed by atoms with Crippen LogP contribution in [0.1, 0.15) is 24.8 Å². The van der Waals surface area contributed by atoms with Gasteiger partial charge in [-0.15, -0.1) is 0 Å². The quantitative estimate of drug-likeness (QED) is 0.896. The molecule has 1 aliphatic carbocycles. The number of hydrogen-bond acceptors (Lipinski definition) is 3. The molecule has 1 saturated carbocycles. The molecule has 2 rings (SSSR count). The third-order valence-electron chi connectivity index (χ3n) is 3.78.